The van der Waals surface area contributed by atoms with E-state index >= 15 is 0 Å². The molecule has 212 valence electrons. The molecule has 42 heavy (non-hydrogen) atoms. The fraction of sp³-hybridized carbons (Fsp3) is 0.0625. The van der Waals surface area contributed by atoms with Crippen molar-refractivity contribution in [3.8, 4) is 17.2 Å². The van der Waals surface area contributed by atoms with Gasteiger partial charge in [0.15, 0.2) is 11.5 Å². The van der Waals surface area contributed by atoms with Crippen LogP contribution in [0.4, 0.5) is 5.69 Å². The number of anilines is 1. The largest absolute Gasteiger partial charge is 0.496 e. The minimum absolute atomic E-state index is 0.232. The number of esters is 1. The number of hydrazone groups is 1. The van der Waals surface area contributed by atoms with E-state index in [1.807, 2.05) is 30.3 Å². The summed E-state index contributed by atoms with van der Waals surface area (Å²) >= 11 is 6.02. The summed E-state index contributed by atoms with van der Waals surface area (Å²) in [6.45, 7) is 0. The summed E-state index contributed by atoms with van der Waals surface area (Å²) < 4.78 is 16.0. The highest BCUT2D eigenvalue weighted by Gasteiger charge is 2.14. The van der Waals surface area contributed by atoms with Gasteiger partial charge in [0.2, 0.25) is 0 Å². The Hall–Kier alpha value is -5.41. The number of benzene rings is 4. The fourth-order valence-corrected chi connectivity index (χ4v) is 3.92. The van der Waals surface area contributed by atoms with Crippen molar-refractivity contribution in [2.75, 3.05) is 19.5 Å². The molecule has 4 aromatic rings. The summed E-state index contributed by atoms with van der Waals surface area (Å²) in [5, 5.41) is 7.12. The highest BCUT2D eigenvalue weighted by Crippen LogP contribution is 2.28. The number of methoxy groups -OCH3 is 2. The Morgan fingerprint density at radius 2 is 1.52 bits per heavy atom. The van der Waals surface area contributed by atoms with Crippen LogP contribution in [-0.2, 0) is 4.79 Å². The van der Waals surface area contributed by atoms with Gasteiger partial charge in [-0.25, -0.2) is 10.2 Å². The minimum Gasteiger partial charge on any atom is -0.496 e. The van der Waals surface area contributed by atoms with E-state index in [-0.39, 0.29) is 16.9 Å². The van der Waals surface area contributed by atoms with Crippen molar-refractivity contribution in [2.45, 2.75) is 0 Å². The maximum Gasteiger partial charge on any atom is 0.336 e. The van der Waals surface area contributed by atoms with Crippen LogP contribution in [0.5, 0.6) is 17.2 Å². The maximum atomic E-state index is 12.8. The lowest BCUT2D eigenvalue weighted by Crippen LogP contribution is -2.18. The number of rotatable bonds is 10. The predicted octanol–water partition coefficient (Wildman–Crippen LogP) is 5.99. The van der Waals surface area contributed by atoms with Gasteiger partial charge in [0.25, 0.3) is 11.8 Å². The van der Waals surface area contributed by atoms with E-state index in [2.05, 4.69) is 15.8 Å². The summed E-state index contributed by atoms with van der Waals surface area (Å²) in [6.07, 6.45) is 4.39. The Bertz CT molecular complexity index is 1650. The molecule has 0 aliphatic carbocycles. The smallest absolute Gasteiger partial charge is 0.336 e. The third-order valence-corrected chi connectivity index (χ3v) is 6.01. The normalized spacial score (nSPS) is 10.8. The number of hydrogen-bond donors (Lipinski definition) is 2. The SMILES string of the molecule is COc1cc(C=NNC(=O)c2cccc(NC(=O)c3cc(Cl)ccc3OC)c2)ccc1OC(=O)/C=C/c1ccccc1. The first kappa shape index (κ1) is 29.6. The van der Waals surface area contributed by atoms with Gasteiger partial charge < -0.3 is 19.5 Å². The van der Waals surface area contributed by atoms with Crippen molar-refractivity contribution in [3.63, 3.8) is 0 Å². The molecule has 0 saturated carbocycles. The van der Waals surface area contributed by atoms with E-state index in [1.54, 1.807) is 54.6 Å². The van der Waals surface area contributed by atoms with E-state index in [1.165, 1.54) is 38.6 Å². The van der Waals surface area contributed by atoms with Crippen LogP contribution >= 0.6 is 11.6 Å². The van der Waals surface area contributed by atoms with Crippen molar-refractivity contribution >= 4 is 47.4 Å². The number of halogens is 1. The lowest BCUT2D eigenvalue weighted by atomic mass is 10.1. The molecule has 0 atom stereocenters. The summed E-state index contributed by atoms with van der Waals surface area (Å²) in [7, 11) is 2.90. The first-order valence-electron chi connectivity index (χ1n) is 12.6. The van der Waals surface area contributed by atoms with E-state index in [0.29, 0.717) is 27.8 Å². The highest BCUT2D eigenvalue weighted by molar-refractivity contribution is 6.31. The molecule has 0 heterocycles. The van der Waals surface area contributed by atoms with Crippen LogP contribution in [0.1, 0.15) is 31.8 Å². The van der Waals surface area contributed by atoms with Gasteiger partial charge in [0.1, 0.15) is 5.75 Å². The Balaban J connectivity index is 1.36. The molecule has 0 aliphatic rings. The molecule has 4 aromatic carbocycles. The second kappa shape index (κ2) is 14.3. The first-order valence-corrected chi connectivity index (χ1v) is 13.0. The lowest BCUT2D eigenvalue weighted by Gasteiger charge is -2.10. The number of ether oxygens (including phenoxy) is 3. The molecule has 0 spiro atoms. The van der Waals surface area contributed by atoms with Gasteiger partial charge in [0.05, 0.1) is 26.0 Å². The average molecular weight is 584 g/mol. The molecule has 9 nitrogen and oxygen atoms in total. The molecule has 0 unspecified atom stereocenters. The molecule has 10 heteroatoms. The Labute approximate surface area is 247 Å². The van der Waals surface area contributed by atoms with Gasteiger partial charge in [-0.2, -0.15) is 5.10 Å². The zero-order valence-electron chi connectivity index (χ0n) is 22.7. The molecular weight excluding hydrogens is 558 g/mol. The number of nitrogens with zero attached hydrogens (tertiary/aromatic N) is 1. The second-order valence-corrected chi connectivity index (χ2v) is 9.09. The molecule has 0 radical (unpaired) electrons. The average Bonchev–Trinajstić information content (AvgIpc) is 3.01. The van der Waals surface area contributed by atoms with Crippen LogP contribution in [0, 0.1) is 0 Å². The third-order valence-electron chi connectivity index (χ3n) is 5.78. The van der Waals surface area contributed by atoms with Crippen LogP contribution in [-0.4, -0.2) is 38.2 Å². The summed E-state index contributed by atoms with van der Waals surface area (Å²) in [5.41, 5.74) is 4.82. The first-order chi connectivity index (χ1) is 20.4. The van der Waals surface area contributed by atoms with Crippen LogP contribution in [0.25, 0.3) is 6.08 Å². The number of amides is 2. The number of hydrogen-bond acceptors (Lipinski definition) is 7. The molecular formula is C32H26ClN3O6. The highest BCUT2D eigenvalue weighted by atomic mass is 35.5. The molecule has 4 rings (SSSR count). The van der Waals surface area contributed by atoms with Crippen LogP contribution in [0.3, 0.4) is 0 Å². The molecule has 2 N–H and O–H groups in total. The number of carbonyl (C=O) groups excluding carboxylic acids is 3. The zero-order valence-corrected chi connectivity index (χ0v) is 23.4. The lowest BCUT2D eigenvalue weighted by molar-refractivity contribution is -0.129. The summed E-state index contributed by atoms with van der Waals surface area (Å²) in [6, 6.07) is 25.3. The molecule has 2 amide bonds. The zero-order chi connectivity index (χ0) is 29.9. The van der Waals surface area contributed by atoms with E-state index < -0.39 is 17.8 Å². The summed E-state index contributed by atoms with van der Waals surface area (Å²) in [4.78, 5) is 37.7. The Morgan fingerprint density at radius 1 is 0.762 bits per heavy atom. The van der Waals surface area contributed by atoms with Gasteiger partial charge in [0, 0.05) is 22.3 Å². The molecule has 0 aliphatic heterocycles. The Morgan fingerprint density at radius 3 is 2.29 bits per heavy atom. The van der Waals surface area contributed by atoms with Crippen LogP contribution in [0.15, 0.2) is 102 Å². The van der Waals surface area contributed by atoms with Gasteiger partial charge in [-0.3, -0.25) is 9.59 Å². The van der Waals surface area contributed by atoms with E-state index in [9.17, 15) is 14.4 Å². The van der Waals surface area contributed by atoms with Gasteiger partial charge in [-0.15, -0.1) is 0 Å². The van der Waals surface area contributed by atoms with Crippen molar-refractivity contribution in [2.24, 2.45) is 5.10 Å². The van der Waals surface area contributed by atoms with Crippen molar-refractivity contribution in [3.05, 3.63) is 124 Å². The second-order valence-electron chi connectivity index (χ2n) is 8.65. The van der Waals surface area contributed by atoms with Gasteiger partial charge >= 0.3 is 5.97 Å². The number of carbonyl (C=O) groups is 3. The molecule has 0 fully saturated rings. The molecule has 0 aromatic heterocycles. The minimum atomic E-state index is -0.559. The predicted molar refractivity (Wildman–Crippen MR) is 162 cm³/mol. The van der Waals surface area contributed by atoms with E-state index in [4.69, 9.17) is 25.8 Å². The van der Waals surface area contributed by atoms with Gasteiger partial charge in [-0.1, -0.05) is 48.0 Å². The van der Waals surface area contributed by atoms with Crippen molar-refractivity contribution in [1.29, 1.82) is 0 Å². The molecule has 0 bridgehead atoms. The van der Waals surface area contributed by atoms with Crippen LogP contribution in [0.2, 0.25) is 5.02 Å². The third kappa shape index (κ3) is 8.06. The van der Waals surface area contributed by atoms with Gasteiger partial charge in [-0.05, 0) is 71.8 Å². The fourth-order valence-electron chi connectivity index (χ4n) is 3.74. The van der Waals surface area contributed by atoms with E-state index in [0.717, 1.165) is 5.56 Å². The van der Waals surface area contributed by atoms with Crippen molar-refractivity contribution in [1.82, 2.24) is 5.43 Å². The topological polar surface area (TPSA) is 115 Å². The quantitative estimate of drug-likeness (QED) is 0.0779. The standard InChI is InChI=1S/C32H26ClN3O6/c1-40-27-15-13-24(33)19-26(27)32(39)35-25-10-6-9-23(18-25)31(38)36-34-20-22-11-14-28(29(17-22)41-2)42-30(37)16-12-21-7-4-3-5-8-21/h3-20H,1-2H3,(H,35,39)(H,36,38)/b16-12+,34-20?. The Kier molecular flexibility index (Phi) is 10.1. The van der Waals surface area contributed by atoms with Crippen LogP contribution < -0.4 is 25.0 Å². The number of nitrogens with one attached hydrogen (secondary N) is 2. The molecule has 0 saturated heterocycles. The maximum absolute atomic E-state index is 12.8. The van der Waals surface area contributed by atoms with Crippen molar-refractivity contribution < 1.29 is 28.6 Å². The summed E-state index contributed by atoms with van der Waals surface area (Å²) in [5.74, 6) is -0.591. The monoisotopic (exact) mass is 583 g/mol.